The van der Waals surface area contributed by atoms with Crippen LogP contribution >= 0.6 is 34.3 Å². The fourth-order valence-electron chi connectivity index (χ4n) is 2.25. The molecule has 21 heavy (non-hydrogen) atoms. The first-order valence-corrected chi connectivity index (χ1v) is 8.42. The molecule has 1 fully saturated rings. The minimum Gasteiger partial charge on any atom is -0.369 e. The number of hydrogen-bond donors (Lipinski definition) is 1. The summed E-state index contributed by atoms with van der Waals surface area (Å²) < 4.78 is 0.692. The second kappa shape index (κ2) is 5.75. The summed E-state index contributed by atoms with van der Waals surface area (Å²) in [5.41, 5.74) is 5.69. The van der Waals surface area contributed by atoms with Crippen LogP contribution in [0.5, 0.6) is 0 Å². The zero-order chi connectivity index (χ0) is 15.0. The Labute approximate surface area is 134 Å². The number of rotatable bonds is 3. The topological polar surface area (TPSA) is 76.3 Å². The van der Waals surface area contributed by atoms with Crippen LogP contribution in [0.2, 0.25) is 4.34 Å². The average molecular weight is 342 g/mol. The van der Waals surface area contributed by atoms with Crippen molar-refractivity contribution >= 4 is 46.1 Å². The lowest BCUT2D eigenvalue weighted by atomic mass is 10.1. The first-order chi connectivity index (χ1) is 10.0. The number of thiazole rings is 1. The number of likely N-dealkylation sites (tertiary alicyclic amines) is 1. The highest BCUT2D eigenvalue weighted by Crippen LogP contribution is 2.33. The Kier molecular flexibility index (Phi) is 3.97. The van der Waals surface area contributed by atoms with Crippen molar-refractivity contribution in [3.05, 3.63) is 27.5 Å². The molecule has 1 aliphatic rings. The van der Waals surface area contributed by atoms with E-state index in [4.69, 9.17) is 17.3 Å². The molecule has 0 saturated carbocycles. The highest BCUT2D eigenvalue weighted by atomic mass is 35.5. The first-order valence-electron chi connectivity index (χ1n) is 6.34. The maximum atomic E-state index is 12.4. The Morgan fingerprint density at radius 1 is 1.43 bits per heavy atom. The predicted molar refractivity (Wildman–Crippen MR) is 83.6 cm³/mol. The van der Waals surface area contributed by atoms with Crippen LogP contribution in [0, 0.1) is 5.92 Å². The summed E-state index contributed by atoms with van der Waals surface area (Å²) in [4.78, 5) is 30.5. The fraction of sp³-hybridized carbons (Fsp3) is 0.308. The Hall–Kier alpha value is -1.44. The number of carbonyl (C=O) groups is 2. The molecule has 0 aliphatic carbocycles. The molecule has 3 heterocycles. The lowest BCUT2D eigenvalue weighted by Gasteiger charge is -2.13. The minimum absolute atomic E-state index is 0.149. The Bertz CT molecular complexity index is 697. The van der Waals surface area contributed by atoms with E-state index in [1.807, 2.05) is 12.1 Å². The molecule has 1 saturated heterocycles. The molecular formula is C13H12ClN3O2S2. The highest BCUT2D eigenvalue weighted by molar-refractivity contribution is 7.23. The predicted octanol–water partition coefficient (Wildman–Crippen LogP) is 2.47. The van der Waals surface area contributed by atoms with Gasteiger partial charge in [0.05, 0.1) is 15.1 Å². The number of nitrogens with two attached hydrogens (primary N) is 1. The second-order valence-electron chi connectivity index (χ2n) is 4.78. The molecule has 8 heteroatoms. The summed E-state index contributed by atoms with van der Waals surface area (Å²) in [7, 11) is 0. The van der Waals surface area contributed by atoms with E-state index in [1.165, 1.54) is 22.7 Å². The zero-order valence-electron chi connectivity index (χ0n) is 10.9. The molecule has 2 aromatic heterocycles. The van der Waals surface area contributed by atoms with E-state index in [2.05, 4.69) is 4.98 Å². The number of hydrogen-bond acceptors (Lipinski definition) is 5. The zero-order valence-corrected chi connectivity index (χ0v) is 13.3. The minimum atomic E-state index is -0.350. The second-order valence-corrected chi connectivity index (χ2v) is 7.35. The van der Waals surface area contributed by atoms with Gasteiger partial charge in [0.2, 0.25) is 5.91 Å². The number of amides is 2. The number of primary amides is 1. The molecule has 1 atom stereocenters. The van der Waals surface area contributed by atoms with Gasteiger partial charge in [-0.3, -0.25) is 9.59 Å². The fourth-order valence-corrected chi connectivity index (χ4v) is 4.16. The van der Waals surface area contributed by atoms with E-state index in [-0.39, 0.29) is 17.7 Å². The van der Waals surface area contributed by atoms with Crippen molar-refractivity contribution in [3.63, 3.8) is 0 Å². The van der Waals surface area contributed by atoms with Crippen molar-refractivity contribution in [1.29, 1.82) is 0 Å². The summed E-state index contributed by atoms with van der Waals surface area (Å²) in [6.45, 7) is 0.927. The molecule has 110 valence electrons. The van der Waals surface area contributed by atoms with Gasteiger partial charge in [0.25, 0.3) is 5.91 Å². The van der Waals surface area contributed by atoms with Crippen molar-refractivity contribution in [1.82, 2.24) is 9.88 Å². The molecule has 1 aliphatic heterocycles. The van der Waals surface area contributed by atoms with E-state index in [0.29, 0.717) is 29.5 Å². The van der Waals surface area contributed by atoms with Gasteiger partial charge >= 0.3 is 0 Å². The number of aromatic nitrogens is 1. The van der Waals surface area contributed by atoms with Crippen LogP contribution in [0.4, 0.5) is 0 Å². The summed E-state index contributed by atoms with van der Waals surface area (Å²) in [6.07, 6.45) is 0.624. The van der Waals surface area contributed by atoms with Gasteiger partial charge in [0, 0.05) is 18.5 Å². The monoisotopic (exact) mass is 341 g/mol. The maximum absolute atomic E-state index is 12.4. The van der Waals surface area contributed by atoms with Gasteiger partial charge in [-0.2, -0.15) is 0 Å². The summed E-state index contributed by atoms with van der Waals surface area (Å²) in [6, 6.07) is 3.70. The van der Waals surface area contributed by atoms with Crippen molar-refractivity contribution in [2.45, 2.75) is 6.42 Å². The third kappa shape index (κ3) is 2.95. The van der Waals surface area contributed by atoms with Crippen molar-refractivity contribution in [3.8, 4) is 9.88 Å². The standard InChI is InChI=1S/C13H12ClN3O2S2/c14-10-2-1-9(21-10)12-16-8(6-20-12)13(19)17-4-3-7(5-17)11(15)18/h1-2,6-7H,3-5H2,(H2,15,18)/t7-/m0/s1. The van der Waals surface area contributed by atoms with Crippen LogP contribution in [0.3, 0.4) is 0 Å². The van der Waals surface area contributed by atoms with Gasteiger partial charge in [-0.15, -0.1) is 22.7 Å². The number of carbonyl (C=O) groups excluding carboxylic acids is 2. The Morgan fingerprint density at radius 3 is 2.86 bits per heavy atom. The maximum Gasteiger partial charge on any atom is 0.273 e. The summed E-state index contributed by atoms with van der Waals surface area (Å²) >= 11 is 8.75. The smallest absolute Gasteiger partial charge is 0.273 e. The van der Waals surface area contributed by atoms with Gasteiger partial charge in [0.1, 0.15) is 10.7 Å². The molecule has 5 nitrogen and oxygen atoms in total. The van der Waals surface area contributed by atoms with Crippen LogP contribution in [-0.4, -0.2) is 34.8 Å². The molecule has 0 spiro atoms. The van der Waals surface area contributed by atoms with Gasteiger partial charge in [-0.05, 0) is 18.6 Å². The Morgan fingerprint density at radius 2 is 2.24 bits per heavy atom. The van der Waals surface area contributed by atoms with Crippen molar-refractivity contribution < 1.29 is 9.59 Å². The molecule has 0 bridgehead atoms. The summed E-state index contributed by atoms with van der Waals surface area (Å²) in [5.74, 6) is -0.746. The van der Waals surface area contributed by atoms with Gasteiger partial charge in [-0.1, -0.05) is 11.6 Å². The van der Waals surface area contributed by atoms with Crippen molar-refractivity contribution in [2.24, 2.45) is 11.7 Å². The number of halogens is 1. The molecule has 0 aromatic carbocycles. The van der Waals surface area contributed by atoms with Crippen molar-refractivity contribution in [2.75, 3.05) is 13.1 Å². The largest absolute Gasteiger partial charge is 0.369 e. The third-order valence-electron chi connectivity index (χ3n) is 3.39. The lowest BCUT2D eigenvalue weighted by molar-refractivity contribution is -0.121. The average Bonchev–Trinajstić information content (AvgIpc) is 3.17. The molecule has 2 N–H and O–H groups in total. The van der Waals surface area contributed by atoms with E-state index in [0.717, 1.165) is 9.88 Å². The molecule has 3 rings (SSSR count). The van der Waals surface area contributed by atoms with E-state index in [1.54, 1.807) is 10.3 Å². The third-order valence-corrected chi connectivity index (χ3v) is 5.63. The van der Waals surface area contributed by atoms with E-state index in [9.17, 15) is 9.59 Å². The quantitative estimate of drug-likeness (QED) is 0.931. The molecule has 2 amide bonds. The Balaban J connectivity index is 1.74. The van der Waals surface area contributed by atoms with Gasteiger partial charge in [0.15, 0.2) is 0 Å². The number of nitrogens with zero attached hydrogens (tertiary/aromatic N) is 2. The molecular weight excluding hydrogens is 330 g/mol. The van der Waals surface area contributed by atoms with E-state index < -0.39 is 0 Å². The van der Waals surface area contributed by atoms with E-state index >= 15 is 0 Å². The van der Waals surface area contributed by atoms with Crippen LogP contribution in [0.25, 0.3) is 9.88 Å². The van der Waals surface area contributed by atoms with Gasteiger partial charge < -0.3 is 10.6 Å². The highest BCUT2D eigenvalue weighted by Gasteiger charge is 2.31. The molecule has 2 aromatic rings. The molecule has 0 radical (unpaired) electrons. The van der Waals surface area contributed by atoms with Gasteiger partial charge in [-0.25, -0.2) is 4.98 Å². The van der Waals surface area contributed by atoms with Crippen LogP contribution in [0.1, 0.15) is 16.9 Å². The number of thiophene rings is 1. The SMILES string of the molecule is NC(=O)[C@H]1CCN(C(=O)c2csc(-c3ccc(Cl)s3)n2)C1. The summed E-state index contributed by atoms with van der Waals surface area (Å²) in [5, 5.41) is 2.52. The normalized spacial score (nSPS) is 18.1. The first kappa shape index (κ1) is 14.5. The van der Waals surface area contributed by atoms with Crippen LogP contribution in [-0.2, 0) is 4.79 Å². The molecule has 0 unspecified atom stereocenters. The lowest BCUT2D eigenvalue weighted by Crippen LogP contribution is -2.31. The van der Waals surface area contributed by atoms with Crippen LogP contribution < -0.4 is 5.73 Å². The van der Waals surface area contributed by atoms with Crippen LogP contribution in [0.15, 0.2) is 17.5 Å².